The minimum absolute atomic E-state index is 0.0484. The van der Waals surface area contributed by atoms with Crippen LogP contribution >= 0.6 is 0 Å². The zero-order valence-electron chi connectivity index (χ0n) is 14.4. The molecule has 1 saturated heterocycles. The summed E-state index contributed by atoms with van der Waals surface area (Å²) in [5.41, 5.74) is -1.15. The fraction of sp³-hybridized carbons (Fsp3) is 0.500. The van der Waals surface area contributed by atoms with E-state index >= 15 is 0 Å². The molecule has 0 aromatic heterocycles. The quantitative estimate of drug-likeness (QED) is 0.836. The third kappa shape index (κ3) is 4.23. The Morgan fingerprint density at radius 3 is 2.48 bits per heavy atom. The third-order valence-electron chi connectivity index (χ3n) is 5.01. The van der Waals surface area contributed by atoms with Crippen molar-refractivity contribution >= 4 is 23.5 Å². The molecule has 9 heteroatoms. The highest BCUT2D eigenvalue weighted by Crippen LogP contribution is 2.34. The number of anilines is 1. The Kier molecular flexibility index (Phi) is 5.12. The van der Waals surface area contributed by atoms with E-state index in [0.717, 1.165) is 12.1 Å². The summed E-state index contributed by atoms with van der Waals surface area (Å²) in [5.74, 6) is -2.49. The Bertz CT molecular complexity index is 778. The van der Waals surface area contributed by atoms with Crippen molar-refractivity contribution in [2.24, 2.45) is 5.92 Å². The monoisotopic (exact) mass is 384 g/mol. The summed E-state index contributed by atoms with van der Waals surface area (Å²) in [6.45, 7) is 0.310. The number of hydrogen-bond acceptors (Lipinski definition) is 3. The van der Waals surface area contributed by atoms with Crippen molar-refractivity contribution in [1.29, 1.82) is 0 Å². The highest BCUT2D eigenvalue weighted by atomic mass is 19.4. The number of carbonyl (C=O) groups is 3. The smallest absolute Gasteiger partial charge is 0.416 e. The van der Waals surface area contributed by atoms with Crippen LogP contribution in [0.2, 0.25) is 0 Å². The number of halogens is 3. The molecule has 0 unspecified atom stereocenters. The predicted molar refractivity (Wildman–Crippen MR) is 89.3 cm³/mol. The Morgan fingerprint density at radius 1 is 1.19 bits per heavy atom. The summed E-state index contributed by atoms with van der Waals surface area (Å²) >= 11 is 0. The van der Waals surface area contributed by atoms with Gasteiger partial charge in [0.25, 0.3) is 5.91 Å². The number of rotatable bonds is 4. The van der Waals surface area contributed by atoms with Gasteiger partial charge in [0, 0.05) is 30.3 Å². The minimum atomic E-state index is -4.66. The van der Waals surface area contributed by atoms with Gasteiger partial charge in [-0.15, -0.1) is 0 Å². The van der Waals surface area contributed by atoms with Gasteiger partial charge >= 0.3 is 12.1 Å². The Morgan fingerprint density at radius 2 is 1.93 bits per heavy atom. The van der Waals surface area contributed by atoms with E-state index in [9.17, 15) is 27.6 Å². The van der Waals surface area contributed by atoms with Crippen molar-refractivity contribution in [2.45, 2.75) is 44.3 Å². The molecular weight excluding hydrogens is 365 g/mol. The number of amides is 2. The number of carboxylic acid groups (broad SMARTS) is 1. The highest BCUT2D eigenvalue weighted by molar-refractivity contribution is 5.99. The maximum Gasteiger partial charge on any atom is 0.416 e. The van der Waals surface area contributed by atoms with Gasteiger partial charge in [0.2, 0.25) is 5.91 Å². The lowest BCUT2D eigenvalue weighted by Gasteiger charge is -2.20. The van der Waals surface area contributed by atoms with Crippen LogP contribution in [0.5, 0.6) is 0 Å². The molecule has 146 valence electrons. The fourth-order valence-corrected chi connectivity index (χ4v) is 3.59. The van der Waals surface area contributed by atoms with E-state index < -0.39 is 35.6 Å². The van der Waals surface area contributed by atoms with Crippen molar-refractivity contribution < 1.29 is 32.7 Å². The van der Waals surface area contributed by atoms with E-state index in [1.807, 2.05) is 0 Å². The Balaban J connectivity index is 1.84. The van der Waals surface area contributed by atoms with Gasteiger partial charge in [-0.1, -0.05) is 0 Å². The molecule has 1 aromatic carbocycles. The molecule has 27 heavy (non-hydrogen) atoms. The lowest BCUT2D eigenvalue weighted by atomic mass is 10.1. The standard InChI is InChI=1S/C18H19F3N2O4/c19-18(20,21)12-6-11(8-14(9-12)23-5-1-2-15(23)24)16(25)22-13-4-3-10(7-13)17(26)27/h6,8-10,13H,1-5,7H2,(H,22,25)(H,26,27)/t10-,13+/m0/s1. The molecule has 1 aliphatic carbocycles. The molecule has 1 aliphatic heterocycles. The summed E-state index contributed by atoms with van der Waals surface area (Å²) in [7, 11) is 0. The van der Waals surface area contributed by atoms with Crippen molar-refractivity contribution in [3.05, 3.63) is 29.3 Å². The molecule has 2 atom stereocenters. The zero-order chi connectivity index (χ0) is 19.8. The molecule has 3 rings (SSSR count). The van der Waals surface area contributed by atoms with Gasteiger partial charge in [0.05, 0.1) is 11.5 Å². The van der Waals surface area contributed by atoms with E-state index in [2.05, 4.69) is 5.32 Å². The third-order valence-corrected chi connectivity index (χ3v) is 5.01. The van der Waals surface area contributed by atoms with Crippen LogP contribution in [-0.4, -0.2) is 35.5 Å². The summed E-state index contributed by atoms with van der Waals surface area (Å²) in [6, 6.07) is 2.50. The minimum Gasteiger partial charge on any atom is -0.481 e. The van der Waals surface area contributed by atoms with Gasteiger partial charge in [0.15, 0.2) is 0 Å². The fourth-order valence-electron chi connectivity index (χ4n) is 3.59. The number of nitrogens with one attached hydrogen (secondary N) is 1. The molecular formula is C18H19F3N2O4. The highest BCUT2D eigenvalue weighted by Gasteiger charge is 2.35. The van der Waals surface area contributed by atoms with Crippen molar-refractivity contribution in [1.82, 2.24) is 5.32 Å². The SMILES string of the molecule is O=C(N[C@@H]1CC[C@H](C(=O)O)C1)c1cc(N2CCCC2=O)cc(C(F)(F)F)c1. The first kappa shape index (κ1) is 19.2. The first-order valence-electron chi connectivity index (χ1n) is 8.71. The maximum atomic E-state index is 13.2. The van der Waals surface area contributed by atoms with E-state index in [1.165, 1.54) is 11.0 Å². The number of carboxylic acids is 1. The topological polar surface area (TPSA) is 86.7 Å². The molecule has 1 saturated carbocycles. The number of carbonyl (C=O) groups excluding carboxylic acids is 2. The second kappa shape index (κ2) is 7.21. The van der Waals surface area contributed by atoms with Crippen molar-refractivity contribution in [2.75, 3.05) is 11.4 Å². The van der Waals surface area contributed by atoms with E-state index in [4.69, 9.17) is 5.11 Å². The zero-order valence-corrected chi connectivity index (χ0v) is 14.4. The maximum absolute atomic E-state index is 13.2. The average Bonchev–Trinajstić information content (AvgIpc) is 3.22. The second-order valence-corrected chi connectivity index (χ2v) is 6.93. The molecule has 1 heterocycles. The van der Waals surface area contributed by atoms with Crippen molar-refractivity contribution in [3.8, 4) is 0 Å². The van der Waals surface area contributed by atoms with Crippen LogP contribution in [0.1, 0.15) is 48.0 Å². The van der Waals surface area contributed by atoms with Crippen LogP contribution in [0.3, 0.4) is 0 Å². The summed E-state index contributed by atoms with van der Waals surface area (Å²) < 4.78 is 39.7. The van der Waals surface area contributed by atoms with Gasteiger partial charge in [0.1, 0.15) is 0 Å². The molecule has 2 N–H and O–H groups in total. The van der Waals surface area contributed by atoms with Crippen LogP contribution in [0.15, 0.2) is 18.2 Å². The summed E-state index contributed by atoms with van der Waals surface area (Å²) in [4.78, 5) is 36.6. The number of alkyl halides is 3. The van der Waals surface area contributed by atoms with Crippen LogP contribution in [-0.2, 0) is 15.8 Å². The molecule has 1 aromatic rings. The van der Waals surface area contributed by atoms with Crippen LogP contribution in [0, 0.1) is 5.92 Å². The lowest BCUT2D eigenvalue weighted by Crippen LogP contribution is -2.34. The first-order valence-corrected chi connectivity index (χ1v) is 8.71. The van der Waals surface area contributed by atoms with E-state index in [-0.39, 0.29) is 30.0 Å². The van der Waals surface area contributed by atoms with E-state index in [0.29, 0.717) is 25.8 Å². The number of aliphatic carboxylic acids is 1. The molecule has 6 nitrogen and oxygen atoms in total. The van der Waals surface area contributed by atoms with Crippen molar-refractivity contribution in [3.63, 3.8) is 0 Å². The van der Waals surface area contributed by atoms with Crippen LogP contribution in [0.25, 0.3) is 0 Å². The second-order valence-electron chi connectivity index (χ2n) is 6.93. The first-order chi connectivity index (χ1) is 12.6. The van der Waals surface area contributed by atoms with Gasteiger partial charge in [-0.25, -0.2) is 0 Å². The summed E-state index contributed by atoms with van der Waals surface area (Å²) in [5, 5.41) is 11.6. The number of hydrogen-bond donors (Lipinski definition) is 2. The molecule has 2 fully saturated rings. The van der Waals surface area contributed by atoms with Crippen LogP contribution in [0.4, 0.5) is 18.9 Å². The van der Waals surface area contributed by atoms with Gasteiger partial charge in [-0.3, -0.25) is 14.4 Å². The van der Waals surface area contributed by atoms with Gasteiger partial charge in [-0.05, 0) is 43.9 Å². The predicted octanol–water partition coefficient (Wildman–Crippen LogP) is 2.82. The normalized spacial score (nSPS) is 22.9. The lowest BCUT2D eigenvalue weighted by molar-refractivity contribution is -0.141. The average molecular weight is 384 g/mol. The molecule has 0 bridgehead atoms. The van der Waals surface area contributed by atoms with Gasteiger partial charge in [-0.2, -0.15) is 13.2 Å². The number of nitrogens with zero attached hydrogens (tertiary/aromatic N) is 1. The number of benzene rings is 1. The molecule has 0 spiro atoms. The molecule has 2 aliphatic rings. The molecule has 0 radical (unpaired) electrons. The van der Waals surface area contributed by atoms with Gasteiger partial charge < -0.3 is 15.3 Å². The van der Waals surface area contributed by atoms with E-state index in [1.54, 1.807) is 0 Å². The molecule has 2 amide bonds. The Hall–Kier alpha value is -2.58. The largest absolute Gasteiger partial charge is 0.481 e. The Labute approximate surface area is 153 Å². The summed E-state index contributed by atoms with van der Waals surface area (Å²) in [6.07, 6.45) is -2.73. The van der Waals surface area contributed by atoms with Crippen LogP contribution < -0.4 is 10.2 Å².